The predicted molar refractivity (Wildman–Crippen MR) is 146 cm³/mol. The molecule has 2 aliphatic rings. The Kier molecular flexibility index (Phi) is 8.44. The number of nitrogens with one attached hydrogen (secondary N) is 1. The third-order valence-corrected chi connectivity index (χ3v) is 7.07. The number of hydrogen-bond donors (Lipinski definition) is 1. The van der Waals surface area contributed by atoms with Gasteiger partial charge in [0.2, 0.25) is 5.95 Å². The van der Waals surface area contributed by atoms with E-state index >= 15 is 0 Å². The highest BCUT2D eigenvalue weighted by molar-refractivity contribution is 6.30. The highest BCUT2D eigenvalue weighted by atomic mass is 35.5. The van der Waals surface area contributed by atoms with Crippen molar-refractivity contribution in [3.8, 4) is 0 Å². The van der Waals surface area contributed by atoms with Crippen molar-refractivity contribution in [1.82, 2.24) is 14.6 Å². The smallest absolute Gasteiger partial charge is 0.279 e. The molecule has 1 fully saturated rings. The molecule has 2 aliphatic heterocycles. The van der Waals surface area contributed by atoms with Gasteiger partial charge in [-0.1, -0.05) is 35.3 Å². The zero-order chi connectivity index (χ0) is 24.4. The summed E-state index contributed by atoms with van der Waals surface area (Å²) in [5.41, 5.74) is 2.98. The van der Waals surface area contributed by atoms with Gasteiger partial charge in [0, 0.05) is 48.2 Å². The van der Waals surface area contributed by atoms with E-state index in [9.17, 15) is 9.59 Å². The standard InChI is InChI=1S/C26H27Cl2N5O2.ClH/c27-20-7-3-18(4-8-20)11-13-29-26-30-23-12-16-31(24(34)19-5-9-21(28)10-6-19)17-22(23)25(35)33(26)32-14-1-2-15-32;/h3-10H,1-2,11-17H2,(H,29,30);1H. The minimum absolute atomic E-state index is 0. The van der Waals surface area contributed by atoms with Gasteiger partial charge in [0.1, 0.15) is 0 Å². The maximum absolute atomic E-state index is 13.7. The van der Waals surface area contributed by atoms with E-state index < -0.39 is 0 Å². The summed E-state index contributed by atoms with van der Waals surface area (Å²) in [6.07, 6.45) is 3.40. The Balaban J connectivity index is 0.00000304. The van der Waals surface area contributed by atoms with Gasteiger partial charge >= 0.3 is 0 Å². The van der Waals surface area contributed by atoms with Crippen LogP contribution in [-0.2, 0) is 19.4 Å². The Bertz CT molecular complexity index is 1270. The summed E-state index contributed by atoms with van der Waals surface area (Å²) in [5.74, 6) is 0.465. The molecule has 3 heterocycles. The fourth-order valence-electron chi connectivity index (χ4n) is 4.66. The molecule has 1 saturated heterocycles. The van der Waals surface area contributed by atoms with Gasteiger partial charge in [0.25, 0.3) is 11.5 Å². The highest BCUT2D eigenvalue weighted by Gasteiger charge is 2.29. The lowest BCUT2D eigenvalue weighted by Gasteiger charge is -2.31. The molecule has 0 aliphatic carbocycles. The van der Waals surface area contributed by atoms with Crippen LogP contribution in [-0.4, -0.2) is 46.6 Å². The molecule has 7 nitrogen and oxygen atoms in total. The lowest BCUT2D eigenvalue weighted by atomic mass is 10.1. The Labute approximate surface area is 226 Å². The van der Waals surface area contributed by atoms with E-state index in [2.05, 4.69) is 10.3 Å². The summed E-state index contributed by atoms with van der Waals surface area (Å²) in [6.45, 7) is 3.02. The van der Waals surface area contributed by atoms with Crippen LogP contribution >= 0.6 is 35.6 Å². The first-order valence-corrected chi connectivity index (χ1v) is 12.7. The number of benzene rings is 2. The number of aromatic nitrogens is 2. The van der Waals surface area contributed by atoms with E-state index in [1.165, 1.54) is 0 Å². The molecule has 0 saturated carbocycles. The third kappa shape index (κ3) is 5.64. The number of amides is 1. The first kappa shape index (κ1) is 26.3. The number of halogens is 3. The van der Waals surface area contributed by atoms with Crippen molar-refractivity contribution in [3.63, 3.8) is 0 Å². The molecular weight excluding hydrogens is 521 g/mol. The van der Waals surface area contributed by atoms with Crippen LogP contribution in [0.25, 0.3) is 0 Å². The predicted octanol–water partition coefficient (Wildman–Crippen LogP) is 4.56. The van der Waals surface area contributed by atoms with Gasteiger partial charge < -0.3 is 15.2 Å². The lowest BCUT2D eigenvalue weighted by molar-refractivity contribution is 0.0732. The molecule has 1 amide bonds. The molecule has 1 aromatic heterocycles. The van der Waals surface area contributed by atoms with Crippen LogP contribution < -0.4 is 15.9 Å². The second-order valence-corrected chi connectivity index (χ2v) is 9.80. The SMILES string of the molecule is Cl.O=C(c1ccc(Cl)cc1)N1CCc2nc(NCCc3ccc(Cl)cc3)n(N3CCCC3)c(=O)c2C1. The molecule has 0 bridgehead atoms. The molecule has 0 unspecified atom stereocenters. The highest BCUT2D eigenvalue weighted by Crippen LogP contribution is 2.21. The average Bonchev–Trinajstić information content (AvgIpc) is 3.40. The van der Waals surface area contributed by atoms with E-state index in [4.69, 9.17) is 28.2 Å². The zero-order valence-corrected chi connectivity index (χ0v) is 22.1. The van der Waals surface area contributed by atoms with Crippen LogP contribution in [0.4, 0.5) is 5.95 Å². The quantitative estimate of drug-likeness (QED) is 0.489. The number of carbonyl (C=O) groups is 1. The minimum atomic E-state index is -0.107. The largest absolute Gasteiger partial charge is 0.354 e. The monoisotopic (exact) mass is 547 g/mol. The summed E-state index contributed by atoms with van der Waals surface area (Å²) in [5, 5.41) is 6.74. The van der Waals surface area contributed by atoms with Crippen LogP contribution in [0.1, 0.15) is 40.0 Å². The van der Waals surface area contributed by atoms with E-state index in [-0.39, 0.29) is 30.4 Å². The summed E-state index contributed by atoms with van der Waals surface area (Å²) in [4.78, 5) is 33.4. The molecule has 2 aromatic carbocycles. The molecule has 1 N–H and O–H groups in total. The fourth-order valence-corrected chi connectivity index (χ4v) is 4.91. The molecule has 3 aromatic rings. The van der Waals surface area contributed by atoms with Gasteiger partial charge in [-0.3, -0.25) is 9.59 Å². The van der Waals surface area contributed by atoms with Gasteiger partial charge in [-0.2, -0.15) is 4.68 Å². The van der Waals surface area contributed by atoms with Crippen LogP contribution in [0.2, 0.25) is 10.0 Å². The van der Waals surface area contributed by atoms with Crippen LogP contribution in [0.5, 0.6) is 0 Å². The number of hydrogen-bond acceptors (Lipinski definition) is 5. The maximum Gasteiger partial charge on any atom is 0.279 e. The summed E-state index contributed by atoms with van der Waals surface area (Å²) in [7, 11) is 0. The van der Waals surface area contributed by atoms with Crippen molar-refractivity contribution < 1.29 is 4.79 Å². The summed E-state index contributed by atoms with van der Waals surface area (Å²) in [6, 6.07) is 14.6. The van der Waals surface area contributed by atoms with Gasteiger partial charge in [0.15, 0.2) is 0 Å². The van der Waals surface area contributed by atoms with Crippen LogP contribution in [0, 0.1) is 0 Å². The number of anilines is 1. The van der Waals surface area contributed by atoms with Crippen molar-refractivity contribution in [1.29, 1.82) is 0 Å². The summed E-state index contributed by atoms with van der Waals surface area (Å²) < 4.78 is 1.68. The number of nitrogens with zero attached hydrogens (tertiary/aromatic N) is 4. The fraction of sp³-hybridized carbons (Fsp3) is 0.346. The van der Waals surface area contributed by atoms with Crippen molar-refractivity contribution in [2.75, 3.05) is 36.5 Å². The Hall–Kier alpha value is -2.74. The van der Waals surface area contributed by atoms with Crippen LogP contribution in [0.15, 0.2) is 53.3 Å². The van der Waals surface area contributed by atoms with Gasteiger partial charge in [-0.25, -0.2) is 4.98 Å². The molecule has 190 valence electrons. The molecule has 10 heteroatoms. The molecule has 5 rings (SSSR count). The zero-order valence-electron chi connectivity index (χ0n) is 19.8. The van der Waals surface area contributed by atoms with Gasteiger partial charge in [0.05, 0.1) is 17.8 Å². The van der Waals surface area contributed by atoms with Crippen LogP contribution in [0.3, 0.4) is 0 Å². The van der Waals surface area contributed by atoms with E-state index in [1.54, 1.807) is 33.8 Å². The normalized spacial score (nSPS) is 14.8. The third-order valence-electron chi connectivity index (χ3n) is 6.56. The maximum atomic E-state index is 13.7. The number of carbonyl (C=O) groups excluding carboxylic acids is 1. The van der Waals surface area contributed by atoms with Gasteiger partial charge in [-0.15, -0.1) is 12.4 Å². The lowest BCUT2D eigenvalue weighted by Crippen LogP contribution is -2.47. The van der Waals surface area contributed by atoms with E-state index in [1.807, 2.05) is 24.3 Å². The van der Waals surface area contributed by atoms with Crippen molar-refractivity contribution in [2.24, 2.45) is 0 Å². The van der Waals surface area contributed by atoms with Crippen molar-refractivity contribution in [2.45, 2.75) is 32.2 Å². The number of rotatable bonds is 6. The molecular formula is C26H28Cl3N5O2. The number of fused-ring (bicyclic) bond motifs is 1. The van der Waals surface area contributed by atoms with Gasteiger partial charge in [-0.05, 0) is 61.2 Å². The second kappa shape index (κ2) is 11.5. The first-order valence-electron chi connectivity index (χ1n) is 11.9. The Morgan fingerprint density at radius 1 is 0.944 bits per heavy atom. The molecule has 0 radical (unpaired) electrons. The second-order valence-electron chi connectivity index (χ2n) is 8.93. The Morgan fingerprint density at radius 2 is 1.58 bits per heavy atom. The van der Waals surface area contributed by atoms with Crippen molar-refractivity contribution >= 4 is 47.5 Å². The molecule has 0 atom stereocenters. The first-order chi connectivity index (χ1) is 17.0. The van der Waals surface area contributed by atoms with E-state index in [0.29, 0.717) is 46.6 Å². The van der Waals surface area contributed by atoms with Crippen molar-refractivity contribution in [3.05, 3.63) is 91.3 Å². The summed E-state index contributed by atoms with van der Waals surface area (Å²) >= 11 is 12.0. The average molecular weight is 549 g/mol. The Morgan fingerprint density at radius 3 is 2.25 bits per heavy atom. The minimum Gasteiger partial charge on any atom is -0.354 e. The van der Waals surface area contributed by atoms with E-state index in [0.717, 1.165) is 43.6 Å². The molecule has 0 spiro atoms. The molecule has 36 heavy (non-hydrogen) atoms. The topological polar surface area (TPSA) is 70.5 Å².